The Hall–Kier alpha value is -4.21. The zero-order valence-corrected chi connectivity index (χ0v) is 20.7. The van der Waals surface area contributed by atoms with Crippen molar-refractivity contribution < 1.29 is 44.3 Å². The molecule has 4 rings (SSSR count). The second kappa shape index (κ2) is 11.5. The highest BCUT2D eigenvalue weighted by Crippen LogP contribution is 2.36. The molecular weight excluding hydrogens is 547 g/mol. The van der Waals surface area contributed by atoms with E-state index in [1.54, 1.807) is 6.92 Å². The molecule has 0 atom stereocenters. The van der Waals surface area contributed by atoms with Gasteiger partial charge in [-0.15, -0.1) is 0 Å². The fourth-order valence-electron chi connectivity index (χ4n) is 3.94. The van der Waals surface area contributed by atoms with Crippen LogP contribution < -0.4 is 4.74 Å². The van der Waals surface area contributed by atoms with Crippen molar-refractivity contribution in [2.24, 2.45) is 0 Å². The molecule has 0 bridgehead atoms. The van der Waals surface area contributed by atoms with E-state index in [0.717, 1.165) is 18.2 Å². The normalized spacial score (nSPS) is 12.3. The summed E-state index contributed by atoms with van der Waals surface area (Å²) >= 11 is 0. The molecule has 0 amide bonds. The summed E-state index contributed by atoms with van der Waals surface area (Å²) < 4.78 is 130. The first-order chi connectivity index (χ1) is 18.9. The number of benzene rings is 4. The quantitative estimate of drug-likeness (QED) is 0.152. The first-order valence-electron chi connectivity index (χ1n) is 11.9. The van der Waals surface area contributed by atoms with Crippen LogP contribution in [0.4, 0.5) is 39.5 Å². The fourth-order valence-corrected chi connectivity index (χ4v) is 3.94. The van der Waals surface area contributed by atoms with Crippen LogP contribution in [0.1, 0.15) is 30.9 Å². The highest BCUT2D eigenvalue weighted by atomic mass is 19.3. The van der Waals surface area contributed by atoms with Crippen LogP contribution in [0.3, 0.4) is 0 Å². The van der Waals surface area contributed by atoms with Crippen LogP contribution >= 0.6 is 0 Å². The van der Waals surface area contributed by atoms with E-state index in [-0.39, 0.29) is 35.2 Å². The number of hydrogen-bond donors (Lipinski definition) is 0. The highest BCUT2D eigenvalue weighted by molar-refractivity contribution is 5.73. The monoisotopic (exact) mass is 566 g/mol. The Morgan fingerprint density at radius 2 is 1.27 bits per heavy atom. The van der Waals surface area contributed by atoms with Crippen molar-refractivity contribution in [3.05, 3.63) is 119 Å². The van der Waals surface area contributed by atoms with Gasteiger partial charge in [0.25, 0.3) is 0 Å². The SMILES string of the molecule is CCC/C(F)=C(\F)c1ccc(-c2ccc(-c3ccc(C(F)(F)Oc4cc(F)c(F)c(F)c4)c(F)c3)cc2)c(F)c1. The summed E-state index contributed by atoms with van der Waals surface area (Å²) in [6.45, 7) is 1.68. The molecule has 0 N–H and O–H groups in total. The minimum absolute atomic E-state index is 0.0889. The second-order valence-electron chi connectivity index (χ2n) is 8.76. The summed E-state index contributed by atoms with van der Waals surface area (Å²) in [5.41, 5.74) is -0.495. The Morgan fingerprint density at radius 3 is 1.85 bits per heavy atom. The summed E-state index contributed by atoms with van der Waals surface area (Å²) in [6.07, 6.45) is -4.09. The van der Waals surface area contributed by atoms with Crippen molar-refractivity contribution in [2.45, 2.75) is 25.9 Å². The van der Waals surface area contributed by atoms with Gasteiger partial charge in [0.2, 0.25) is 0 Å². The van der Waals surface area contributed by atoms with Gasteiger partial charge < -0.3 is 4.74 Å². The zero-order valence-electron chi connectivity index (χ0n) is 20.7. The van der Waals surface area contributed by atoms with E-state index >= 15 is 0 Å². The molecule has 4 aromatic carbocycles. The first-order valence-corrected chi connectivity index (χ1v) is 11.9. The molecule has 4 aromatic rings. The molecule has 0 spiro atoms. The molecule has 0 unspecified atom stereocenters. The third-order valence-electron chi connectivity index (χ3n) is 5.95. The molecule has 0 heterocycles. The van der Waals surface area contributed by atoms with E-state index in [9.17, 15) is 39.5 Å². The lowest BCUT2D eigenvalue weighted by atomic mass is 9.98. The van der Waals surface area contributed by atoms with Crippen LogP contribution in [0, 0.1) is 29.1 Å². The maximum atomic E-state index is 14.7. The van der Waals surface area contributed by atoms with Crippen molar-refractivity contribution in [2.75, 3.05) is 0 Å². The van der Waals surface area contributed by atoms with Crippen LogP contribution in [0.15, 0.2) is 78.6 Å². The summed E-state index contributed by atoms with van der Waals surface area (Å²) in [5, 5.41) is 0. The smallest absolute Gasteiger partial charge is 0.429 e. The van der Waals surface area contributed by atoms with Gasteiger partial charge in [-0.25, -0.2) is 30.7 Å². The first kappa shape index (κ1) is 28.8. The van der Waals surface area contributed by atoms with Crippen LogP contribution in [0.5, 0.6) is 5.75 Å². The Labute approximate surface area is 223 Å². The Balaban J connectivity index is 1.55. The summed E-state index contributed by atoms with van der Waals surface area (Å²) in [7, 11) is 0. The van der Waals surface area contributed by atoms with Gasteiger partial charge in [-0.3, -0.25) is 0 Å². The summed E-state index contributed by atoms with van der Waals surface area (Å²) in [5.74, 6) is -10.8. The lowest BCUT2D eigenvalue weighted by Crippen LogP contribution is -2.23. The van der Waals surface area contributed by atoms with Crippen molar-refractivity contribution in [3.63, 3.8) is 0 Å². The Bertz CT molecular complexity index is 1550. The van der Waals surface area contributed by atoms with Crippen molar-refractivity contribution >= 4 is 5.83 Å². The molecule has 10 heteroatoms. The molecule has 0 radical (unpaired) electrons. The number of hydrogen-bond acceptors (Lipinski definition) is 1. The highest BCUT2D eigenvalue weighted by Gasteiger charge is 2.38. The molecule has 0 aliphatic carbocycles. The lowest BCUT2D eigenvalue weighted by molar-refractivity contribution is -0.187. The van der Waals surface area contributed by atoms with Gasteiger partial charge in [-0.1, -0.05) is 49.4 Å². The molecule has 0 fully saturated rings. The zero-order chi connectivity index (χ0) is 29.2. The molecule has 0 aliphatic rings. The number of allylic oxidation sites excluding steroid dienone is 1. The molecule has 208 valence electrons. The Kier molecular flexibility index (Phi) is 8.27. The molecule has 1 nitrogen and oxygen atoms in total. The van der Waals surface area contributed by atoms with Gasteiger partial charge in [0.05, 0.1) is 5.56 Å². The molecule has 0 aliphatic heterocycles. The molecule has 0 saturated carbocycles. The van der Waals surface area contributed by atoms with Crippen molar-refractivity contribution in [1.29, 1.82) is 0 Å². The Morgan fingerprint density at radius 1 is 0.675 bits per heavy atom. The fraction of sp³-hybridized carbons (Fsp3) is 0.133. The summed E-state index contributed by atoms with van der Waals surface area (Å²) in [6, 6.07) is 12.3. The van der Waals surface area contributed by atoms with E-state index in [0.29, 0.717) is 23.6 Å². The van der Waals surface area contributed by atoms with E-state index in [1.807, 2.05) is 0 Å². The van der Waals surface area contributed by atoms with E-state index in [1.165, 1.54) is 36.4 Å². The molecule has 0 aromatic heterocycles. The maximum absolute atomic E-state index is 14.7. The number of alkyl halides is 2. The number of ether oxygens (including phenoxy) is 1. The number of halogens is 9. The molecule has 0 saturated heterocycles. The van der Waals surface area contributed by atoms with Crippen LogP contribution in [-0.4, -0.2) is 0 Å². The second-order valence-corrected chi connectivity index (χ2v) is 8.76. The van der Waals surface area contributed by atoms with Crippen molar-refractivity contribution in [3.8, 4) is 28.0 Å². The topological polar surface area (TPSA) is 9.23 Å². The number of rotatable bonds is 8. The van der Waals surface area contributed by atoms with Crippen LogP contribution in [0.25, 0.3) is 28.1 Å². The van der Waals surface area contributed by atoms with Crippen molar-refractivity contribution in [1.82, 2.24) is 0 Å². The third-order valence-corrected chi connectivity index (χ3v) is 5.95. The van der Waals surface area contributed by atoms with Gasteiger partial charge in [0, 0.05) is 29.7 Å². The summed E-state index contributed by atoms with van der Waals surface area (Å²) in [4.78, 5) is 0. The van der Waals surface area contributed by atoms with E-state index in [4.69, 9.17) is 0 Å². The molecule has 40 heavy (non-hydrogen) atoms. The average molecular weight is 566 g/mol. The van der Waals surface area contributed by atoms with E-state index in [2.05, 4.69) is 4.74 Å². The standard InChI is InChI=1S/C30H19F9O/c1-2-3-23(31)28(36)19-8-10-21(24(32)13-19)17-6-4-16(5-7-17)18-9-11-22(25(33)12-18)30(38,39)40-20-14-26(34)29(37)27(35)15-20/h4-15H,2-3H2,1H3/b28-23+. The van der Waals surface area contributed by atoms with E-state index < -0.39 is 58.2 Å². The largest absolute Gasteiger partial charge is 0.429 e. The third kappa shape index (κ3) is 6.00. The predicted molar refractivity (Wildman–Crippen MR) is 132 cm³/mol. The van der Waals surface area contributed by atoms with Crippen LogP contribution in [0.2, 0.25) is 0 Å². The van der Waals surface area contributed by atoms with Gasteiger partial charge in [0.1, 0.15) is 23.2 Å². The maximum Gasteiger partial charge on any atom is 0.429 e. The lowest BCUT2D eigenvalue weighted by Gasteiger charge is -2.19. The van der Waals surface area contributed by atoms with Crippen LogP contribution in [-0.2, 0) is 6.11 Å². The van der Waals surface area contributed by atoms with Gasteiger partial charge in [-0.05, 0) is 41.3 Å². The van der Waals surface area contributed by atoms with Gasteiger partial charge in [0.15, 0.2) is 23.3 Å². The molecular formula is C30H19F9O. The minimum Gasteiger partial charge on any atom is -0.429 e. The predicted octanol–water partition coefficient (Wildman–Crippen LogP) is 10.3. The van der Waals surface area contributed by atoms with Gasteiger partial charge in [-0.2, -0.15) is 8.78 Å². The average Bonchev–Trinajstić information content (AvgIpc) is 2.91. The van der Waals surface area contributed by atoms with Gasteiger partial charge >= 0.3 is 6.11 Å². The minimum atomic E-state index is -4.36.